The van der Waals surface area contributed by atoms with Gasteiger partial charge in [-0.2, -0.15) is 0 Å². The second kappa shape index (κ2) is 4.92. The number of aryl methyl sites for hydroxylation is 1. The second-order valence-electron chi connectivity index (χ2n) is 4.76. The molecule has 1 N–H and O–H groups in total. The summed E-state index contributed by atoms with van der Waals surface area (Å²) in [6, 6.07) is 7.09. The molecule has 1 aromatic heterocycles. The first-order valence-electron chi connectivity index (χ1n) is 6.44. The van der Waals surface area contributed by atoms with Crippen LogP contribution in [0.25, 0.3) is 0 Å². The molecule has 104 valence electrons. The summed E-state index contributed by atoms with van der Waals surface area (Å²) in [5, 5.41) is 9.21. The van der Waals surface area contributed by atoms with Crippen LogP contribution in [-0.4, -0.2) is 24.2 Å². The number of aromatic carboxylic acids is 1. The molecule has 3 rings (SSSR count). The Labute approximate surface area is 116 Å². The van der Waals surface area contributed by atoms with Crippen LogP contribution in [0.5, 0.6) is 5.75 Å². The Bertz CT molecular complexity index is 647. The van der Waals surface area contributed by atoms with Crippen molar-refractivity contribution in [3.05, 3.63) is 47.4 Å². The SMILES string of the molecule is Cc1ccoc1CN1CCOc2c(C(=O)O)cccc21. The maximum Gasteiger partial charge on any atom is 0.339 e. The zero-order chi connectivity index (χ0) is 14.1. The van der Waals surface area contributed by atoms with Crippen molar-refractivity contribution in [2.24, 2.45) is 0 Å². The van der Waals surface area contributed by atoms with Crippen LogP contribution in [0.3, 0.4) is 0 Å². The first-order chi connectivity index (χ1) is 9.66. The summed E-state index contributed by atoms with van der Waals surface area (Å²) in [5.74, 6) is 0.354. The van der Waals surface area contributed by atoms with Gasteiger partial charge in [0.05, 0.1) is 25.0 Å². The van der Waals surface area contributed by atoms with E-state index in [1.165, 1.54) is 0 Å². The molecule has 20 heavy (non-hydrogen) atoms. The van der Waals surface area contributed by atoms with E-state index in [-0.39, 0.29) is 5.56 Å². The Balaban J connectivity index is 1.96. The molecule has 1 aliphatic rings. The highest BCUT2D eigenvalue weighted by Crippen LogP contribution is 2.36. The van der Waals surface area contributed by atoms with Gasteiger partial charge in [-0.15, -0.1) is 0 Å². The van der Waals surface area contributed by atoms with Crippen LogP contribution in [0.2, 0.25) is 0 Å². The molecule has 0 atom stereocenters. The zero-order valence-corrected chi connectivity index (χ0v) is 11.1. The van der Waals surface area contributed by atoms with Crippen molar-refractivity contribution in [2.75, 3.05) is 18.1 Å². The number of anilines is 1. The molecule has 0 fully saturated rings. The Morgan fingerprint density at radius 1 is 1.40 bits per heavy atom. The number of carboxylic acid groups (broad SMARTS) is 1. The molecular formula is C15H15NO4. The Morgan fingerprint density at radius 3 is 2.95 bits per heavy atom. The molecule has 0 saturated carbocycles. The molecule has 0 aliphatic carbocycles. The van der Waals surface area contributed by atoms with E-state index < -0.39 is 5.97 Å². The number of nitrogens with zero attached hydrogens (tertiary/aromatic N) is 1. The third kappa shape index (κ3) is 2.11. The minimum atomic E-state index is -0.974. The third-order valence-corrected chi connectivity index (χ3v) is 3.48. The highest BCUT2D eigenvalue weighted by molar-refractivity contribution is 5.93. The van der Waals surface area contributed by atoms with Crippen LogP contribution < -0.4 is 9.64 Å². The molecule has 1 aliphatic heterocycles. The molecule has 1 aromatic carbocycles. The number of furan rings is 1. The predicted octanol–water partition coefficient (Wildman–Crippen LogP) is 2.69. The quantitative estimate of drug-likeness (QED) is 0.931. The lowest BCUT2D eigenvalue weighted by Crippen LogP contribution is -2.33. The predicted molar refractivity (Wildman–Crippen MR) is 73.4 cm³/mol. The average molecular weight is 273 g/mol. The van der Waals surface area contributed by atoms with E-state index in [0.29, 0.717) is 25.4 Å². The van der Waals surface area contributed by atoms with E-state index in [0.717, 1.165) is 17.0 Å². The number of para-hydroxylation sites is 1. The summed E-state index contributed by atoms with van der Waals surface area (Å²) in [5.41, 5.74) is 2.09. The topological polar surface area (TPSA) is 62.9 Å². The average Bonchev–Trinajstić information content (AvgIpc) is 2.84. The maximum atomic E-state index is 11.2. The van der Waals surface area contributed by atoms with Crippen LogP contribution in [0.1, 0.15) is 21.7 Å². The Kier molecular flexibility index (Phi) is 3.10. The summed E-state index contributed by atoms with van der Waals surface area (Å²) in [6.07, 6.45) is 1.67. The molecule has 0 radical (unpaired) electrons. The fraction of sp³-hybridized carbons (Fsp3) is 0.267. The molecule has 0 spiro atoms. The lowest BCUT2D eigenvalue weighted by atomic mass is 10.1. The van der Waals surface area contributed by atoms with Gasteiger partial charge in [-0.1, -0.05) is 6.07 Å². The van der Waals surface area contributed by atoms with Crippen molar-refractivity contribution in [1.29, 1.82) is 0 Å². The van der Waals surface area contributed by atoms with Crippen LogP contribution in [-0.2, 0) is 6.54 Å². The van der Waals surface area contributed by atoms with Crippen molar-refractivity contribution in [1.82, 2.24) is 0 Å². The maximum absolute atomic E-state index is 11.2. The normalized spacial score (nSPS) is 13.8. The van der Waals surface area contributed by atoms with Crippen LogP contribution in [0.4, 0.5) is 5.69 Å². The van der Waals surface area contributed by atoms with Gasteiger partial charge >= 0.3 is 5.97 Å². The first kappa shape index (κ1) is 12.6. The summed E-state index contributed by atoms with van der Waals surface area (Å²) < 4.78 is 11.0. The number of hydrogen-bond donors (Lipinski definition) is 1. The van der Waals surface area contributed by atoms with E-state index in [2.05, 4.69) is 4.90 Å². The zero-order valence-electron chi connectivity index (χ0n) is 11.1. The van der Waals surface area contributed by atoms with Crippen LogP contribution in [0.15, 0.2) is 34.9 Å². The van der Waals surface area contributed by atoms with Gasteiger partial charge < -0.3 is 19.2 Å². The van der Waals surface area contributed by atoms with Gasteiger partial charge in [0.2, 0.25) is 0 Å². The van der Waals surface area contributed by atoms with E-state index in [1.807, 2.05) is 19.1 Å². The molecule has 0 bridgehead atoms. The van der Waals surface area contributed by atoms with Gasteiger partial charge in [0.15, 0.2) is 5.75 Å². The van der Waals surface area contributed by atoms with Crippen molar-refractivity contribution in [3.63, 3.8) is 0 Å². The number of ether oxygens (including phenoxy) is 1. The Morgan fingerprint density at radius 2 is 2.25 bits per heavy atom. The standard InChI is InChI=1S/C15H15NO4/c1-10-5-7-19-13(10)9-16-6-8-20-14-11(15(17)18)3-2-4-12(14)16/h2-5,7H,6,8-9H2,1H3,(H,17,18). The van der Waals surface area contributed by atoms with Crippen molar-refractivity contribution in [3.8, 4) is 5.75 Å². The summed E-state index contributed by atoms with van der Waals surface area (Å²) in [7, 11) is 0. The number of benzene rings is 1. The van der Waals surface area contributed by atoms with E-state index in [4.69, 9.17) is 9.15 Å². The molecule has 5 heteroatoms. The number of carbonyl (C=O) groups is 1. The van der Waals surface area contributed by atoms with Crippen LogP contribution >= 0.6 is 0 Å². The van der Waals surface area contributed by atoms with E-state index in [9.17, 15) is 9.90 Å². The number of rotatable bonds is 3. The highest BCUT2D eigenvalue weighted by atomic mass is 16.5. The van der Waals surface area contributed by atoms with Gasteiger partial charge in [0.1, 0.15) is 17.9 Å². The highest BCUT2D eigenvalue weighted by Gasteiger charge is 2.24. The first-order valence-corrected chi connectivity index (χ1v) is 6.44. The van der Waals surface area contributed by atoms with E-state index in [1.54, 1.807) is 18.4 Å². The lowest BCUT2D eigenvalue weighted by molar-refractivity contribution is 0.0692. The molecular weight excluding hydrogens is 258 g/mol. The largest absolute Gasteiger partial charge is 0.489 e. The van der Waals surface area contributed by atoms with Crippen molar-refractivity contribution in [2.45, 2.75) is 13.5 Å². The molecule has 0 saturated heterocycles. The number of fused-ring (bicyclic) bond motifs is 1. The molecule has 2 aromatic rings. The van der Waals surface area contributed by atoms with Gasteiger partial charge in [-0.05, 0) is 30.7 Å². The van der Waals surface area contributed by atoms with Crippen LogP contribution in [0, 0.1) is 6.92 Å². The second-order valence-corrected chi connectivity index (χ2v) is 4.76. The van der Waals surface area contributed by atoms with Crippen molar-refractivity contribution >= 4 is 11.7 Å². The minimum Gasteiger partial charge on any atom is -0.489 e. The Hall–Kier alpha value is -2.43. The monoisotopic (exact) mass is 273 g/mol. The number of hydrogen-bond acceptors (Lipinski definition) is 4. The van der Waals surface area contributed by atoms with Gasteiger partial charge in [-0.25, -0.2) is 4.79 Å². The lowest BCUT2D eigenvalue weighted by Gasteiger charge is -2.31. The van der Waals surface area contributed by atoms with Gasteiger partial charge in [0.25, 0.3) is 0 Å². The fourth-order valence-electron chi connectivity index (χ4n) is 2.38. The molecule has 0 unspecified atom stereocenters. The fourth-order valence-corrected chi connectivity index (χ4v) is 2.38. The van der Waals surface area contributed by atoms with Gasteiger partial charge in [-0.3, -0.25) is 0 Å². The van der Waals surface area contributed by atoms with E-state index >= 15 is 0 Å². The van der Waals surface area contributed by atoms with Crippen molar-refractivity contribution < 1.29 is 19.1 Å². The molecule has 5 nitrogen and oxygen atoms in total. The van der Waals surface area contributed by atoms with Gasteiger partial charge in [0, 0.05) is 0 Å². The summed E-state index contributed by atoms with van der Waals surface area (Å²) >= 11 is 0. The third-order valence-electron chi connectivity index (χ3n) is 3.48. The molecule has 0 amide bonds. The summed E-state index contributed by atoms with van der Waals surface area (Å²) in [4.78, 5) is 13.3. The molecule has 2 heterocycles. The smallest absolute Gasteiger partial charge is 0.339 e. The number of carboxylic acids is 1. The minimum absolute atomic E-state index is 0.198. The summed E-state index contributed by atoms with van der Waals surface area (Å²) in [6.45, 7) is 3.78.